The molecule has 1 N–H and O–H groups in total. The van der Waals surface area contributed by atoms with Crippen LogP contribution in [0.25, 0.3) is 11.0 Å². The zero-order valence-electron chi connectivity index (χ0n) is 18.5. The van der Waals surface area contributed by atoms with E-state index in [1.807, 2.05) is 18.2 Å². The first-order valence-electron chi connectivity index (χ1n) is 10.9. The van der Waals surface area contributed by atoms with Gasteiger partial charge >= 0.3 is 6.18 Å². The smallest absolute Gasteiger partial charge is 0.326 e. The van der Waals surface area contributed by atoms with Gasteiger partial charge in [-0.3, -0.25) is 4.79 Å². The Kier molecular flexibility index (Phi) is 5.77. The predicted octanol–water partition coefficient (Wildman–Crippen LogP) is 6.84. The Labute approximate surface area is 185 Å². The number of fused-ring (bicyclic) bond motifs is 1. The minimum absolute atomic E-state index is 0.234. The van der Waals surface area contributed by atoms with E-state index in [-0.39, 0.29) is 5.41 Å². The minimum atomic E-state index is -4.81. The number of nitrogens with zero attached hydrogens (tertiary/aromatic N) is 2. The molecular weight excluding hydrogens is 415 g/mol. The summed E-state index contributed by atoms with van der Waals surface area (Å²) >= 11 is 0. The summed E-state index contributed by atoms with van der Waals surface area (Å²) in [5, 5.41) is 3.36. The van der Waals surface area contributed by atoms with Crippen LogP contribution in [0.15, 0.2) is 48.5 Å². The van der Waals surface area contributed by atoms with Crippen LogP contribution >= 0.6 is 0 Å². The summed E-state index contributed by atoms with van der Waals surface area (Å²) < 4.78 is 39.9. The van der Waals surface area contributed by atoms with Gasteiger partial charge in [0.15, 0.2) is 0 Å². The number of hydrogen-bond acceptors (Lipinski definition) is 3. The first kappa shape index (κ1) is 22.4. The molecule has 1 aliphatic rings. The molecule has 3 aromatic rings. The number of Topliss-reactive ketones (excluding diaryl/α,β-unsaturated/α-hetero) is 1. The number of carbonyl (C=O) groups excluding carboxylic acids is 1. The second-order valence-electron chi connectivity index (χ2n) is 9.78. The van der Waals surface area contributed by atoms with Gasteiger partial charge in [0, 0.05) is 18.2 Å². The number of alkyl halides is 3. The molecule has 2 atom stereocenters. The monoisotopic (exact) mass is 443 g/mol. The number of carbonyl (C=O) groups is 1. The van der Waals surface area contributed by atoms with Crippen molar-refractivity contribution in [3.8, 4) is 0 Å². The number of rotatable bonds is 5. The summed E-state index contributed by atoms with van der Waals surface area (Å²) in [6, 6.07) is 14.8. The predicted molar refractivity (Wildman–Crippen MR) is 120 cm³/mol. The Balaban J connectivity index is 1.62. The van der Waals surface area contributed by atoms with Gasteiger partial charge in [-0.2, -0.15) is 13.2 Å². The normalized spacial score (nSPS) is 20.9. The minimum Gasteiger partial charge on any atom is -0.326 e. The van der Waals surface area contributed by atoms with Gasteiger partial charge in [-0.25, -0.2) is 4.98 Å². The summed E-state index contributed by atoms with van der Waals surface area (Å²) in [4.78, 5) is 16.1. The molecule has 1 aromatic heterocycles. The van der Waals surface area contributed by atoms with E-state index in [9.17, 15) is 18.0 Å². The molecule has 0 aliphatic heterocycles. The second kappa shape index (κ2) is 8.26. The zero-order valence-corrected chi connectivity index (χ0v) is 18.5. The zero-order chi connectivity index (χ0) is 23.1. The Morgan fingerprint density at radius 1 is 1.12 bits per heavy atom. The number of hydrogen-bond donors (Lipinski definition) is 1. The molecule has 4 rings (SSSR count). The molecule has 2 aromatic carbocycles. The maximum atomic E-state index is 12.5. The quantitative estimate of drug-likeness (QED) is 0.470. The number of imidazole rings is 1. The molecule has 0 bridgehead atoms. The van der Waals surface area contributed by atoms with Gasteiger partial charge in [-0.15, -0.1) is 0 Å². The lowest BCUT2D eigenvalue weighted by molar-refractivity contribution is -0.170. The van der Waals surface area contributed by atoms with Crippen LogP contribution in [0.4, 0.5) is 24.8 Å². The molecule has 0 spiro atoms. The highest BCUT2D eigenvalue weighted by Crippen LogP contribution is 2.46. The Hall–Kier alpha value is -2.83. The topological polar surface area (TPSA) is 46.9 Å². The molecule has 4 nitrogen and oxygen atoms in total. The summed E-state index contributed by atoms with van der Waals surface area (Å²) in [5.41, 5.74) is 3.25. The van der Waals surface area contributed by atoms with Crippen molar-refractivity contribution >= 4 is 28.5 Å². The lowest BCUT2D eigenvalue weighted by Gasteiger charge is -2.40. The SMILES string of the molecule is C[C@@H]1C[C@H](n2c(Nc3ccc(CC(=O)C(F)(F)F)cc3)nc3ccccc32)CC(C)(C)C1. The van der Waals surface area contributed by atoms with Crippen molar-refractivity contribution in [3.05, 3.63) is 54.1 Å². The molecule has 0 unspecified atom stereocenters. The van der Waals surface area contributed by atoms with Crippen LogP contribution < -0.4 is 5.32 Å². The molecular formula is C25H28F3N3O. The van der Waals surface area contributed by atoms with Crippen molar-refractivity contribution in [2.45, 2.75) is 58.7 Å². The first-order chi connectivity index (χ1) is 15.0. The fourth-order valence-corrected chi connectivity index (χ4v) is 5.12. The molecule has 1 heterocycles. The molecule has 0 radical (unpaired) electrons. The fraction of sp³-hybridized carbons (Fsp3) is 0.440. The molecule has 1 fully saturated rings. The number of ketones is 1. The Bertz CT molecular complexity index is 1120. The van der Waals surface area contributed by atoms with Crippen molar-refractivity contribution in [1.82, 2.24) is 9.55 Å². The number of aromatic nitrogens is 2. The van der Waals surface area contributed by atoms with E-state index >= 15 is 0 Å². The molecule has 0 amide bonds. The van der Waals surface area contributed by atoms with E-state index in [2.05, 4.69) is 36.7 Å². The van der Waals surface area contributed by atoms with Crippen molar-refractivity contribution in [3.63, 3.8) is 0 Å². The second-order valence-corrected chi connectivity index (χ2v) is 9.78. The lowest BCUT2D eigenvalue weighted by atomic mass is 9.70. The molecule has 1 saturated carbocycles. The van der Waals surface area contributed by atoms with Crippen molar-refractivity contribution in [2.75, 3.05) is 5.32 Å². The van der Waals surface area contributed by atoms with Crippen LogP contribution in [0.2, 0.25) is 0 Å². The van der Waals surface area contributed by atoms with Crippen molar-refractivity contribution < 1.29 is 18.0 Å². The molecule has 32 heavy (non-hydrogen) atoms. The van der Waals surface area contributed by atoms with Gasteiger partial charge in [0.1, 0.15) is 0 Å². The highest BCUT2D eigenvalue weighted by atomic mass is 19.4. The van der Waals surface area contributed by atoms with Crippen LogP contribution in [0.1, 0.15) is 51.6 Å². The van der Waals surface area contributed by atoms with E-state index in [1.54, 1.807) is 24.3 Å². The van der Waals surface area contributed by atoms with Gasteiger partial charge in [-0.1, -0.05) is 45.0 Å². The summed E-state index contributed by atoms with van der Waals surface area (Å²) in [5.74, 6) is -0.419. The van der Waals surface area contributed by atoms with Gasteiger partial charge in [-0.05, 0) is 60.4 Å². The van der Waals surface area contributed by atoms with Crippen LogP contribution in [-0.4, -0.2) is 21.5 Å². The molecule has 7 heteroatoms. The number of benzene rings is 2. The standard InChI is InChI=1S/C25H28F3N3O/c1-16-12-19(15-24(2,3)14-16)31-21-7-5-4-6-20(21)30-23(31)29-18-10-8-17(9-11-18)13-22(32)25(26,27)28/h4-11,16,19H,12-15H2,1-3H3,(H,29,30)/t16-,19+/m1/s1. The number of para-hydroxylation sites is 2. The average molecular weight is 444 g/mol. The Morgan fingerprint density at radius 3 is 2.47 bits per heavy atom. The van der Waals surface area contributed by atoms with E-state index < -0.39 is 18.4 Å². The summed E-state index contributed by atoms with van der Waals surface area (Å²) in [7, 11) is 0. The van der Waals surface area contributed by atoms with E-state index in [4.69, 9.17) is 4.98 Å². The molecule has 170 valence electrons. The maximum absolute atomic E-state index is 12.5. The largest absolute Gasteiger partial charge is 0.450 e. The van der Waals surface area contributed by atoms with E-state index in [1.165, 1.54) is 6.42 Å². The third-order valence-corrected chi connectivity index (χ3v) is 6.22. The maximum Gasteiger partial charge on any atom is 0.450 e. The molecule has 0 saturated heterocycles. The van der Waals surface area contributed by atoms with Gasteiger partial charge in [0.25, 0.3) is 0 Å². The van der Waals surface area contributed by atoms with E-state index in [0.717, 1.165) is 29.8 Å². The van der Waals surface area contributed by atoms with Crippen LogP contribution in [0, 0.1) is 11.3 Å². The van der Waals surface area contributed by atoms with Gasteiger partial charge in [0.2, 0.25) is 11.7 Å². The summed E-state index contributed by atoms with van der Waals surface area (Å²) in [6.45, 7) is 6.91. The number of nitrogens with one attached hydrogen (secondary N) is 1. The van der Waals surface area contributed by atoms with Crippen LogP contribution in [-0.2, 0) is 11.2 Å². The van der Waals surface area contributed by atoms with Crippen molar-refractivity contribution in [1.29, 1.82) is 0 Å². The third kappa shape index (κ3) is 4.81. The highest BCUT2D eigenvalue weighted by Gasteiger charge is 2.38. The van der Waals surface area contributed by atoms with Gasteiger partial charge < -0.3 is 9.88 Å². The Morgan fingerprint density at radius 2 is 1.81 bits per heavy atom. The third-order valence-electron chi connectivity index (χ3n) is 6.22. The van der Waals surface area contributed by atoms with Crippen molar-refractivity contribution in [2.24, 2.45) is 11.3 Å². The first-order valence-corrected chi connectivity index (χ1v) is 10.9. The number of halogens is 3. The summed E-state index contributed by atoms with van der Waals surface area (Å²) in [6.07, 6.45) is -2.16. The fourth-order valence-electron chi connectivity index (χ4n) is 5.12. The lowest BCUT2D eigenvalue weighted by Crippen LogP contribution is -2.29. The average Bonchev–Trinajstić information content (AvgIpc) is 3.05. The molecule has 1 aliphatic carbocycles. The number of anilines is 2. The van der Waals surface area contributed by atoms with E-state index in [0.29, 0.717) is 23.2 Å². The van der Waals surface area contributed by atoms with Crippen LogP contribution in [0.5, 0.6) is 0 Å². The van der Waals surface area contributed by atoms with Crippen LogP contribution in [0.3, 0.4) is 0 Å². The van der Waals surface area contributed by atoms with Gasteiger partial charge in [0.05, 0.1) is 11.0 Å². The highest BCUT2D eigenvalue weighted by molar-refractivity contribution is 5.86.